The molecule has 1 atom stereocenters. The molecule has 1 fully saturated rings. The number of urea groups is 1. The Kier molecular flexibility index (Phi) is 3.95. The molecule has 0 radical (unpaired) electrons. The molecule has 1 aliphatic rings. The highest BCUT2D eigenvalue weighted by molar-refractivity contribution is 6.06. The molecule has 1 N–H and O–H groups in total. The second-order valence-corrected chi connectivity index (χ2v) is 6.29. The molecule has 7 nitrogen and oxygen atoms in total. The predicted molar refractivity (Wildman–Crippen MR) is 92.6 cm³/mol. The highest BCUT2D eigenvalue weighted by Gasteiger charge is 2.50. The number of pyridine rings is 1. The molecule has 8 heteroatoms. The number of imide groups is 1. The fourth-order valence-electron chi connectivity index (χ4n) is 2.94. The Bertz CT molecular complexity index is 1000. The van der Waals surface area contributed by atoms with Gasteiger partial charge in [-0.25, -0.2) is 14.2 Å². The summed E-state index contributed by atoms with van der Waals surface area (Å²) < 4.78 is 18.7. The van der Waals surface area contributed by atoms with Gasteiger partial charge >= 0.3 is 6.03 Å². The molecule has 0 saturated carbocycles. The van der Waals surface area contributed by atoms with Crippen LogP contribution in [-0.4, -0.2) is 26.8 Å². The first-order valence-electron chi connectivity index (χ1n) is 8.23. The fraction of sp³-hybridized carbons (Fsp3) is 0.158. The van der Waals surface area contributed by atoms with Crippen LogP contribution in [0.3, 0.4) is 0 Å². The zero-order valence-corrected chi connectivity index (χ0v) is 14.3. The summed E-state index contributed by atoms with van der Waals surface area (Å²) in [4.78, 5) is 34.5. The maximum atomic E-state index is 13.0. The van der Waals surface area contributed by atoms with Gasteiger partial charge in [-0.1, -0.05) is 6.07 Å². The highest BCUT2D eigenvalue weighted by Crippen LogP contribution is 2.29. The third-order valence-corrected chi connectivity index (χ3v) is 4.43. The van der Waals surface area contributed by atoms with E-state index in [-0.39, 0.29) is 18.3 Å². The molecule has 0 bridgehead atoms. The maximum absolute atomic E-state index is 13.0. The number of rotatable bonds is 4. The standard InChI is InChI=1S/C19H15FN4O3/c1-19(15-4-2-3-9-21-15)17(25)24(18(26)23-19)11-16-22-10-14(27-16)12-5-7-13(20)8-6-12/h2-10H,11H2,1H3,(H,23,26). The van der Waals surface area contributed by atoms with Crippen molar-refractivity contribution in [2.75, 3.05) is 0 Å². The third kappa shape index (κ3) is 2.95. The predicted octanol–water partition coefficient (Wildman–Crippen LogP) is 2.84. The second kappa shape index (κ2) is 6.31. The van der Waals surface area contributed by atoms with Crippen LogP contribution in [0.5, 0.6) is 0 Å². The summed E-state index contributed by atoms with van der Waals surface area (Å²) in [6.07, 6.45) is 3.03. The van der Waals surface area contributed by atoms with Gasteiger partial charge in [0.05, 0.1) is 11.9 Å². The van der Waals surface area contributed by atoms with Gasteiger partial charge < -0.3 is 9.73 Å². The Morgan fingerprint density at radius 3 is 2.63 bits per heavy atom. The number of hydrogen-bond acceptors (Lipinski definition) is 5. The second-order valence-electron chi connectivity index (χ2n) is 6.29. The Hall–Kier alpha value is -3.55. The molecule has 4 rings (SSSR count). The van der Waals surface area contributed by atoms with E-state index in [0.29, 0.717) is 17.0 Å². The number of amides is 3. The van der Waals surface area contributed by atoms with Gasteiger partial charge in [0.25, 0.3) is 5.91 Å². The Balaban J connectivity index is 1.56. The number of carbonyl (C=O) groups is 2. The largest absolute Gasteiger partial charge is 0.439 e. The molecule has 27 heavy (non-hydrogen) atoms. The van der Waals surface area contributed by atoms with Gasteiger partial charge in [-0.3, -0.25) is 14.7 Å². The summed E-state index contributed by atoms with van der Waals surface area (Å²) in [5, 5.41) is 2.68. The lowest BCUT2D eigenvalue weighted by Crippen LogP contribution is -2.41. The summed E-state index contributed by atoms with van der Waals surface area (Å²) in [6.45, 7) is 1.49. The van der Waals surface area contributed by atoms with Gasteiger partial charge in [-0.05, 0) is 43.3 Å². The topological polar surface area (TPSA) is 88.3 Å². The van der Waals surface area contributed by atoms with Crippen LogP contribution in [0.15, 0.2) is 59.3 Å². The van der Waals surface area contributed by atoms with E-state index in [1.807, 2.05) is 0 Å². The van der Waals surface area contributed by atoms with Crippen molar-refractivity contribution >= 4 is 11.9 Å². The summed E-state index contributed by atoms with van der Waals surface area (Å²) >= 11 is 0. The van der Waals surface area contributed by atoms with Crippen LogP contribution < -0.4 is 5.32 Å². The summed E-state index contributed by atoms with van der Waals surface area (Å²) in [5.74, 6) is -0.174. The SMILES string of the molecule is CC1(c2ccccn2)NC(=O)N(Cc2ncc(-c3ccc(F)cc3)o2)C1=O. The van der Waals surface area contributed by atoms with Crippen molar-refractivity contribution in [3.63, 3.8) is 0 Å². The molecule has 1 saturated heterocycles. The molecule has 3 heterocycles. The van der Waals surface area contributed by atoms with E-state index in [1.165, 1.54) is 18.3 Å². The van der Waals surface area contributed by atoms with Gasteiger partial charge in [-0.2, -0.15) is 0 Å². The van der Waals surface area contributed by atoms with Crippen molar-refractivity contribution in [2.45, 2.75) is 19.0 Å². The fourth-order valence-corrected chi connectivity index (χ4v) is 2.94. The van der Waals surface area contributed by atoms with Crippen molar-refractivity contribution < 1.29 is 18.4 Å². The summed E-state index contributed by atoms with van der Waals surface area (Å²) in [5.41, 5.74) is -0.152. The molecule has 0 spiro atoms. The molecule has 1 aliphatic heterocycles. The van der Waals surface area contributed by atoms with Crippen molar-refractivity contribution in [3.05, 3.63) is 72.3 Å². The molecule has 136 valence electrons. The lowest BCUT2D eigenvalue weighted by Gasteiger charge is -2.20. The third-order valence-electron chi connectivity index (χ3n) is 4.43. The Morgan fingerprint density at radius 1 is 1.15 bits per heavy atom. The van der Waals surface area contributed by atoms with Crippen LogP contribution in [0, 0.1) is 5.82 Å². The number of carbonyl (C=O) groups excluding carboxylic acids is 2. The van der Waals surface area contributed by atoms with Crippen LogP contribution in [0.4, 0.5) is 9.18 Å². The molecule has 3 amide bonds. The zero-order valence-electron chi connectivity index (χ0n) is 14.3. The van der Waals surface area contributed by atoms with E-state index in [9.17, 15) is 14.0 Å². The monoisotopic (exact) mass is 366 g/mol. The number of aromatic nitrogens is 2. The minimum Gasteiger partial charge on any atom is -0.439 e. The molecule has 3 aromatic rings. The van der Waals surface area contributed by atoms with Crippen LogP contribution in [0.25, 0.3) is 11.3 Å². The molecule has 1 aromatic carbocycles. The molecule has 2 aromatic heterocycles. The van der Waals surface area contributed by atoms with Crippen LogP contribution in [0.1, 0.15) is 18.5 Å². The van der Waals surface area contributed by atoms with E-state index in [4.69, 9.17) is 4.42 Å². The maximum Gasteiger partial charge on any atom is 0.325 e. The highest BCUT2D eigenvalue weighted by atomic mass is 19.1. The van der Waals surface area contributed by atoms with E-state index < -0.39 is 17.5 Å². The number of benzene rings is 1. The van der Waals surface area contributed by atoms with Crippen LogP contribution in [0.2, 0.25) is 0 Å². The average Bonchev–Trinajstić information content (AvgIpc) is 3.23. The van der Waals surface area contributed by atoms with Crippen molar-refractivity contribution in [1.82, 2.24) is 20.2 Å². The minimum atomic E-state index is -1.25. The van der Waals surface area contributed by atoms with Gasteiger partial charge in [0.15, 0.2) is 11.3 Å². The van der Waals surface area contributed by atoms with Crippen molar-refractivity contribution in [3.8, 4) is 11.3 Å². The lowest BCUT2D eigenvalue weighted by atomic mass is 9.97. The zero-order chi connectivity index (χ0) is 19.0. The molecular formula is C19H15FN4O3. The number of halogens is 1. The first-order valence-corrected chi connectivity index (χ1v) is 8.23. The number of nitrogens with zero attached hydrogens (tertiary/aromatic N) is 3. The van der Waals surface area contributed by atoms with E-state index in [2.05, 4.69) is 15.3 Å². The first-order chi connectivity index (χ1) is 13.0. The van der Waals surface area contributed by atoms with Crippen molar-refractivity contribution in [2.24, 2.45) is 0 Å². The molecule has 1 unspecified atom stereocenters. The quantitative estimate of drug-likeness (QED) is 0.718. The molecular weight excluding hydrogens is 351 g/mol. The van der Waals surface area contributed by atoms with Crippen LogP contribution >= 0.6 is 0 Å². The smallest absolute Gasteiger partial charge is 0.325 e. The Morgan fingerprint density at radius 2 is 1.93 bits per heavy atom. The van der Waals surface area contributed by atoms with E-state index in [0.717, 1.165) is 4.90 Å². The van der Waals surface area contributed by atoms with Gasteiger partial charge in [0, 0.05) is 11.8 Å². The average molecular weight is 366 g/mol. The first kappa shape index (κ1) is 16.9. The minimum absolute atomic E-state index is 0.117. The Labute approximate surface area is 153 Å². The van der Waals surface area contributed by atoms with Gasteiger partial charge in [0.2, 0.25) is 5.89 Å². The summed E-state index contributed by atoms with van der Waals surface area (Å²) in [7, 11) is 0. The van der Waals surface area contributed by atoms with Crippen LogP contribution in [-0.2, 0) is 16.9 Å². The van der Waals surface area contributed by atoms with Gasteiger partial charge in [-0.15, -0.1) is 0 Å². The lowest BCUT2D eigenvalue weighted by molar-refractivity contribution is -0.131. The summed E-state index contributed by atoms with van der Waals surface area (Å²) in [6, 6.07) is 10.4. The normalized spacial score (nSPS) is 19.4. The van der Waals surface area contributed by atoms with Gasteiger partial charge in [0.1, 0.15) is 12.4 Å². The van der Waals surface area contributed by atoms with E-state index >= 15 is 0 Å². The number of nitrogens with one attached hydrogen (secondary N) is 1. The molecule has 0 aliphatic carbocycles. The number of oxazole rings is 1. The van der Waals surface area contributed by atoms with Crippen molar-refractivity contribution in [1.29, 1.82) is 0 Å². The number of hydrogen-bond donors (Lipinski definition) is 1. The van der Waals surface area contributed by atoms with E-state index in [1.54, 1.807) is 43.5 Å².